The third-order valence-electron chi connectivity index (χ3n) is 18.6. The summed E-state index contributed by atoms with van der Waals surface area (Å²) in [5.41, 5.74) is 25.5. The van der Waals surface area contributed by atoms with E-state index in [0.29, 0.717) is 56.6 Å². The van der Waals surface area contributed by atoms with Crippen LogP contribution in [-0.2, 0) is 60.2 Å². The normalized spacial score (nSPS) is 14.1. The molecule has 12 aromatic rings. The minimum atomic E-state index is -2.48. The lowest BCUT2D eigenvalue weighted by Gasteiger charge is -2.16. The molecule has 0 atom stereocenters. The Morgan fingerprint density at radius 1 is 0.260 bits per heavy atom. The quantitative estimate of drug-likeness (QED) is 0.0761. The predicted octanol–water partition coefficient (Wildman–Crippen LogP) is 23.8. The van der Waals surface area contributed by atoms with Gasteiger partial charge in [0, 0.05) is 89.8 Å². The Morgan fingerprint density at radius 2 is 0.615 bits per heavy atom. The maximum absolute atomic E-state index is 8.88. The maximum atomic E-state index is 8.88. The zero-order chi connectivity index (χ0) is 87.9. The van der Waals surface area contributed by atoms with Crippen molar-refractivity contribution in [3.8, 4) is 89.5 Å². The molecular weight excluding hydrogens is 1260 g/mol. The van der Waals surface area contributed by atoms with Gasteiger partial charge < -0.3 is 0 Å². The van der Waals surface area contributed by atoms with Crippen molar-refractivity contribution in [2.75, 3.05) is 0 Å². The number of aryl methyl sites for hydroxylation is 12. The summed E-state index contributed by atoms with van der Waals surface area (Å²) in [6.07, 6.45) is 4.52. The highest BCUT2D eigenvalue weighted by Gasteiger charge is 2.24. The minimum Gasteiger partial charge on any atom is -0.201 e. The van der Waals surface area contributed by atoms with Crippen LogP contribution in [0.4, 0.5) is 0 Å². The summed E-state index contributed by atoms with van der Waals surface area (Å²) in [4.78, 5) is 0. The van der Waals surface area contributed by atoms with E-state index in [1.54, 1.807) is 83.6 Å². The van der Waals surface area contributed by atoms with Gasteiger partial charge in [0.2, 0.25) is 22.8 Å². The van der Waals surface area contributed by atoms with Crippen LogP contribution in [-0.4, -0.2) is 0 Å². The molecule has 8 aromatic carbocycles. The van der Waals surface area contributed by atoms with Crippen LogP contribution in [0.2, 0.25) is 0 Å². The van der Waals surface area contributed by atoms with E-state index in [1.807, 2.05) is 98.3 Å². The first-order chi connectivity index (χ1) is 55.5. The molecule has 4 heterocycles. The smallest absolute Gasteiger partial charge is 0.201 e. The van der Waals surface area contributed by atoms with Crippen molar-refractivity contribution in [3.05, 3.63) is 309 Å². The second kappa shape index (κ2) is 36.2. The zero-order valence-electron chi connectivity index (χ0n) is 80.1. The maximum Gasteiger partial charge on any atom is 0.212 e. The summed E-state index contributed by atoms with van der Waals surface area (Å²) < 4.78 is 133. The van der Waals surface area contributed by atoms with Crippen LogP contribution in [0.15, 0.2) is 237 Å². The van der Waals surface area contributed by atoms with Gasteiger partial charge in [0.05, 0.1) is 0 Å². The Balaban J connectivity index is 0.000000184. The van der Waals surface area contributed by atoms with Crippen molar-refractivity contribution in [3.63, 3.8) is 0 Å². The van der Waals surface area contributed by atoms with E-state index in [9.17, 15) is 0 Å². The lowest BCUT2D eigenvalue weighted by molar-refractivity contribution is -0.661. The molecule has 0 bridgehead atoms. The van der Waals surface area contributed by atoms with Gasteiger partial charge in [-0.25, -0.2) is 18.3 Å². The molecule has 4 nitrogen and oxygen atoms in total. The van der Waals surface area contributed by atoms with E-state index in [1.165, 1.54) is 78.8 Å². The Kier molecular flexibility index (Phi) is 20.8. The molecule has 0 saturated heterocycles. The van der Waals surface area contributed by atoms with E-state index in [-0.39, 0.29) is 34.1 Å². The van der Waals surface area contributed by atoms with Crippen LogP contribution in [0.25, 0.3) is 89.5 Å². The molecule has 4 aromatic heterocycles. The number of nitrogens with zero attached hydrogens (tertiary/aromatic N) is 4. The van der Waals surface area contributed by atoms with Gasteiger partial charge >= 0.3 is 0 Å². The van der Waals surface area contributed by atoms with Gasteiger partial charge in [-0.3, -0.25) is 0 Å². The summed E-state index contributed by atoms with van der Waals surface area (Å²) >= 11 is 0. The number of rotatable bonds is 18. The molecular formula is C100H120N4+4. The first-order valence-electron chi connectivity index (χ1n) is 44.4. The Bertz CT molecular complexity index is 5510. The standard InChI is InChI=1S/2C28H36N.C25H30N.C19H18N/c2*1-19(2)13-24-16-28(29(7)18-25(24)14-20(3)4)27-17-26(21(5)15-22(27)6)23-11-9-8-10-12-23;1-17(2)12-22-14-25(26(6)16-20(22)5)24-15-23(18(3)13-19(24)4)21-10-8-7-9-11-21;1-15-11-12-17(16-8-4-3-5-9-16)14-18(15)19-10-6-7-13-20(19)2/h2*8-12,15-20H,13-14H2,1-7H3;7-11,13-17H,12H2,1-6H3;3-14H,1-2H3/q4*+1/i5D3,13D2,14D2;;3D3,5D3,12D2;. The number of hydrogen-bond acceptors (Lipinski definition) is 0. The Morgan fingerprint density at radius 3 is 1.06 bits per heavy atom. The fourth-order valence-electron chi connectivity index (χ4n) is 13.6. The lowest BCUT2D eigenvalue weighted by Crippen LogP contribution is -2.32. The van der Waals surface area contributed by atoms with Crippen LogP contribution in [0, 0.1) is 84.8 Å². The second-order valence-corrected chi connectivity index (χ2v) is 29.7. The molecule has 0 fully saturated rings. The van der Waals surface area contributed by atoms with Gasteiger partial charge in [0.25, 0.3) is 0 Å². The third-order valence-corrected chi connectivity index (χ3v) is 18.6. The fraction of sp³-hybridized carbons (Fsp3) is 0.320. The van der Waals surface area contributed by atoms with E-state index >= 15 is 0 Å². The van der Waals surface area contributed by atoms with E-state index in [4.69, 9.17) is 20.6 Å². The first-order valence-corrected chi connectivity index (χ1v) is 36.9. The van der Waals surface area contributed by atoms with Gasteiger partial charge in [0.15, 0.2) is 24.8 Å². The van der Waals surface area contributed by atoms with Crippen LogP contribution in [0.5, 0.6) is 0 Å². The largest absolute Gasteiger partial charge is 0.212 e. The van der Waals surface area contributed by atoms with Crippen LogP contribution in [0.1, 0.15) is 162 Å². The molecule has 0 amide bonds. The van der Waals surface area contributed by atoms with Gasteiger partial charge in [-0.2, -0.15) is 0 Å². The van der Waals surface area contributed by atoms with Crippen molar-refractivity contribution < 1.29 is 38.8 Å². The number of hydrogen-bond donors (Lipinski definition) is 0. The summed E-state index contributed by atoms with van der Waals surface area (Å²) in [6.45, 7) is 23.1. The van der Waals surface area contributed by atoms with Crippen LogP contribution in [0.3, 0.4) is 0 Å². The van der Waals surface area contributed by atoms with Crippen LogP contribution < -0.4 is 18.3 Å². The van der Waals surface area contributed by atoms with Crippen molar-refractivity contribution >= 4 is 0 Å². The Labute approximate surface area is 649 Å². The molecule has 0 radical (unpaired) electrons. The molecule has 104 heavy (non-hydrogen) atoms. The van der Waals surface area contributed by atoms with E-state index < -0.39 is 45.6 Å². The molecule has 536 valence electrons. The van der Waals surface area contributed by atoms with Gasteiger partial charge in [0.1, 0.15) is 28.2 Å². The van der Waals surface area contributed by atoms with Gasteiger partial charge in [-0.05, 0) is 247 Å². The average molecular weight is 1390 g/mol. The molecule has 0 aliphatic heterocycles. The van der Waals surface area contributed by atoms with E-state index in [2.05, 4.69) is 199 Å². The zero-order valence-corrected chi connectivity index (χ0v) is 65.1. The molecule has 0 aliphatic carbocycles. The van der Waals surface area contributed by atoms with Crippen molar-refractivity contribution in [1.82, 2.24) is 0 Å². The highest BCUT2D eigenvalue weighted by Crippen LogP contribution is 2.37. The average Bonchev–Trinajstić information content (AvgIpc) is 0.745. The highest BCUT2D eigenvalue weighted by molar-refractivity contribution is 5.79. The van der Waals surface area contributed by atoms with Gasteiger partial charge in [-0.1, -0.05) is 221 Å². The van der Waals surface area contributed by atoms with Crippen LogP contribution >= 0.6 is 0 Å². The molecule has 0 saturated carbocycles. The van der Waals surface area contributed by atoms with Crippen molar-refractivity contribution in [2.24, 2.45) is 57.8 Å². The molecule has 0 spiro atoms. The summed E-state index contributed by atoms with van der Waals surface area (Å²) in [6, 6.07) is 70.4. The third kappa shape index (κ3) is 20.4. The molecule has 0 N–H and O–H groups in total. The summed E-state index contributed by atoms with van der Waals surface area (Å²) in [7, 11) is 7.83. The van der Waals surface area contributed by atoms with Crippen molar-refractivity contribution in [1.29, 1.82) is 0 Å². The highest BCUT2D eigenvalue weighted by atomic mass is 14.9. The number of aromatic nitrogens is 4. The lowest BCUT2D eigenvalue weighted by atomic mass is 9.90. The topological polar surface area (TPSA) is 15.5 Å². The number of pyridine rings is 4. The van der Waals surface area contributed by atoms with Crippen molar-refractivity contribution in [2.45, 2.75) is 156 Å². The number of benzene rings is 8. The minimum absolute atomic E-state index is 0.0301. The SMILES string of the molecule is Cc1cc(C)c(-c2cc(CC(C)C)c(CC(C)C)c[n+]2C)cc1-c1ccccc1.Cc1ccc(-c2ccccc2)cc1-c1cccc[n+]1C.[2H]C([2H])([2H])c1cc(C)c(-c2cc(C([2H])([2H])C(C)C)c(C([2H])([2H])C(C)C)c[n+]2C)cc1-c1ccccc1.[2H]C([2H])([2H])c1cc(C)c(-c2cc(C([2H])([2H])C(C)C)c(C([2H])([2H])[2H])c[n+]2C)cc1-c1ccccc1. The van der Waals surface area contributed by atoms with E-state index in [0.717, 1.165) is 35.1 Å². The molecule has 0 unspecified atom stereocenters. The Hall–Kier alpha value is -9.64. The predicted molar refractivity (Wildman–Crippen MR) is 445 cm³/mol. The summed E-state index contributed by atoms with van der Waals surface area (Å²) in [5.74, 6) is 0.139. The molecule has 0 aliphatic rings. The fourth-order valence-corrected chi connectivity index (χ4v) is 13.6. The first kappa shape index (κ1) is 59.7. The summed E-state index contributed by atoms with van der Waals surface area (Å²) in [5, 5.41) is 0. The molecule has 12 rings (SSSR count). The molecule has 4 heteroatoms. The van der Waals surface area contributed by atoms with Gasteiger partial charge in [-0.15, -0.1) is 0 Å². The second-order valence-electron chi connectivity index (χ2n) is 29.7. The monoisotopic (exact) mass is 1390 g/mol.